The molecule has 22 heteroatoms. The Kier molecular flexibility index (Phi) is 16.7. The number of ether oxygens (including phenoxy) is 8. The van der Waals surface area contributed by atoms with Crippen LogP contribution in [0.25, 0.3) is 0 Å². The van der Waals surface area contributed by atoms with Crippen molar-refractivity contribution in [2.24, 2.45) is 44.3 Å². The number of aliphatic hydroxyl groups is 14. The zero-order valence-electron chi connectivity index (χ0n) is 45.0. The highest BCUT2D eigenvalue weighted by molar-refractivity contribution is 5.46. The summed E-state index contributed by atoms with van der Waals surface area (Å²) in [5.74, 6) is -0.185. The van der Waals surface area contributed by atoms with Gasteiger partial charge in [-0.25, -0.2) is 0 Å². The Hall–Kier alpha value is -1.40. The van der Waals surface area contributed by atoms with E-state index in [-0.39, 0.29) is 35.9 Å². The summed E-state index contributed by atoms with van der Waals surface area (Å²) in [6, 6.07) is 0. The van der Waals surface area contributed by atoms with Gasteiger partial charge in [0.15, 0.2) is 25.2 Å². The van der Waals surface area contributed by atoms with Crippen LogP contribution in [-0.2, 0) is 37.9 Å². The smallest absolute Gasteiger partial charge is 0.187 e. The molecule has 76 heavy (non-hydrogen) atoms. The minimum Gasteiger partial charge on any atom is -0.396 e. The summed E-state index contributed by atoms with van der Waals surface area (Å²) in [5, 5.41) is 155. The largest absolute Gasteiger partial charge is 0.396 e. The zero-order valence-corrected chi connectivity index (χ0v) is 45.0. The van der Waals surface area contributed by atoms with Crippen molar-refractivity contribution in [1.82, 2.24) is 0 Å². The van der Waals surface area contributed by atoms with Gasteiger partial charge in [-0.15, -0.1) is 0 Å². The van der Waals surface area contributed by atoms with Crippen LogP contribution in [0.2, 0.25) is 0 Å². The highest BCUT2D eigenvalue weighted by Crippen LogP contribution is 2.75. The SMILES string of the molecule is C[C@@H]1O[C@@H](O[C@H]2[C@H](O)[C@@H](O)[C@H](O[C@H]3[C@@H](O)[C@@H](C)O[C@@H](O[C@H]4CC[C@]5(C)C6=CC=C7C8CC(C)(C)CC[C@]8(CO)[C@@H](O)C[C@@]7(C)[C@]6(C)CCC5[C@]4(C)CO)[C@@H]3O[C@@H]3O[C@H](CO)[C@@H](O)[C@H](O)[C@H]3O)O[C@@H]2CO)[C@H](O)[C@H](O)[C@H]1O. The van der Waals surface area contributed by atoms with Crippen LogP contribution >= 0.6 is 0 Å². The van der Waals surface area contributed by atoms with Gasteiger partial charge in [-0.05, 0) is 93.3 Å². The predicted molar refractivity (Wildman–Crippen MR) is 263 cm³/mol. The van der Waals surface area contributed by atoms with E-state index in [1.807, 2.05) is 6.92 Å². The van der Waals surface area contributed by atoms with Crippen molar-refractivity contribution in [3.8, 4) is 0 Å². The van der Waals surface area contributed by atoms with Crippen LogP contribution in [0.15, 0.2) is 23.3 Å². The summed E-state index contributed by atoms with van der Waals surface area (Å²) >= 11 is 0. The highest BCUT2D eigenvalue weighted by Gasteiger charge is 2.69. The predicted octanol–water partition coefficient (Wildman–Crippen LogP) is -1.64. The fourth-order valence-electron chi connectivity index (χ4n) is 15.9. The van der Waals surface area contributed by atoms with Crippen LogP contribution in [0.3, 0.4) is 0 Å². The molecule has 29 atom stereocenters. The minimum atomic E-state index is -2.02. The second kappa shape index (κ2) is 21.4. The number of rotatable bonds is 12. The van der Waals surface area contributed by atoms with Crippen molar-refractivity contribution in [1.29, 1.82) is 0 Å². The van der Waals surface area contributed by atoms with Gasteiger partial charge in [0.05, 0.1) is 50.8 Å². The fourth-order valence-corrected chi connectivity index (χ4v) is 15.9. The summed E-state index contributed by atoms with van der Waals surface area (Å²) in [6.45, 7) is 14.2. The molecule has 14 N–H and O–H groups in total. The summed E-state index contributed by atoms with van der Waals surface area (Å²) in [4.78, 5) is 0. The van der Waals surface area contributed by atoms with Crippen molar-refractivity contribution in [2.75, 3.05) is 26.4 Å². The molecule has 0 amide bonds. The molecular weight excluding hydrogens is 1000 g/mol. The average Bonchev–Trinajstić information content (AvgIpc) is 3.57. The van der Waals surface area contributed by atoms with Crippen molar-refractivity contribution in [3.63, 3.8) is 0 Å². The summed E-state index contributed by atoms with van der Waals surface area (Å²) in [5.41, 5.74) is -0.341. The third-order valence-corrected chi connectivity index (χ3v) is 21.1. The van der Waals surface area contributed by atoms with Gasteiger partial charge in [0.1, 0.15) is 85.5 Å². The Morgan fingerprint density at radius 3 is 1.70 bits per heavy atom. The van der Waals surface area contributed by atoms with E-state index in [1.165, 1.54) is 25.0 Å². The molecule has 0 spiro atoms. The Morgan fingerprint density at radius 1 is 0.500 bits per heavy atom. The van der Waals surface area contributed by atoms with E-state index in [9.17, 15) is 71.5 Å². The van der Waals surface area contributed by atoms with Crippen LogP contribution < -0.4 is 0 Å². The maximum absolute atomic E-state index is 12.2. The van der Waals surface area contributed by atoms with Crippen molar-refractivity contribution in [3.05, 3.63) is 23.3 Å². The molecule has 9 aliphatic rings. The van der Waals surface area contributed by atoms with Gasteiger partial charge in [0.2, 0.25) is 0 Å². The molecule has 8 fully saturated rings. The second-order valence-electron chi connectivity index (χ2n) is 25.8. The van der Waals surface area contributed by atoms with Gasteiger partial charge in [0.25, 0.3) is 0 Å². The molecule has 0 aromatic rings. The maximum Gasteiger partial charge on any atom is 0.187 e. The Morgan fingerprint density at radius 2 is 1.07 bits per heavy atom. The molecule has 9 rings (SSSR count). The van der Waals surface area contributed by atoms with Crippen LogP contribution in [0.1, 0.15) is 107 Å². The van der Waals surface area contributed by atoms with E-state index >= 15 is 0 Å². The molecule has 0 radical (unpaired) electrons. The van der Waals surface area contributed by atoms with Crippen molar-refractivity contribution in [2.45, 2.75) is 242 Å². The molecule has 0 aromatic heterocycles. The number of fused-ring (bicyclic) bond motifs is 7. The standard InChI is InChI=1S/C54H88O22/c1-23-33(60)36(63)39(66)45(69-23)74-42-28(20-56)72-47(41(68)38(42)65)75-43-34(61)24(2)70-48(44(43)76-46-40(67)37(64)35(62)27(19-55)71-46)73-32-12-13-50(5)29(51(32,6)21-57)11-14-52(7)30(50)10-9-25-26-17-49(3,4)15-16-54(26,22-58)31(59)18-53(25,52)8/h9-10,23-24,26-29,31-48,55-68H,11-22H2,1-8H3/t23-,24+,26?,27+,28+,29?,31-,32-,33-,34-,35+,36+,37-,38+,39+,40+,41+,42+,43-,44+,45-,46-,47-,48-,50-,51-,52+,53+,54+/m0/s1. The lowest BCUT2D eigenvalue weighted by molar-refractivity contribution is -0.402. The normalized spacial score (nSPS) is 55.3. The molecule has 0 aromatic carbocycles. The van der Waals surface area contributed by atoms with Gasteiger partial charge in [-0.3, -0.25) is 0 Å². The number of allylic oxidation sites excluding steroid dienone is 4. The third kappa shape index (κ3) is 9.34. The first-order chi connectivity index (χ1) is 35.6. The van der Waals surface area contributed by atoms with Crippen molar-refractivity contribution >= 4 is 0 Å². The third-order valence-electron chi connectivity index (χ3n) is 21.1. The van der Waals surface area contributed by atoms with E-state index in [1.54, 1.807) is 0 Å². The summed E-state index contributed by atoms with van der Waals surface area (Å²) in [6.07, 6.45) is -24.8. The highest BCUT2D eigenvalue weighted by atomic mass is 16.8. The molecular formula is C54H88O22. The van der Waals surface area contributed by atoms with E-state index in [0.29, 0.717) is 25.7 Å². The molecule has 4 saturated heterocycles. The lowest BCUT2D eigenvalue weighted by Gasteiger charge is -2.69. The lowest BCUT2D eigenvalue weighted by atomic mass is 9.35. The van der Waals surface area contributed by atoms with Gasteiger partial charge in [-0.1, -0.05) is 64.8 Å². The zero-order chi connectivity index (χ0) is 55.6. The molecule has 2 unspecified atom stereocenters. The van der Waals surface area contributed by atoms with Crippen LogP contribution in [0.5, 0.6) is 0 Å². The molecule has 4 aliphatic heterocycles. The minimum absolute atomic E-state index is 0.00261. The van der Waals surface area contributed by atoms with Crippen LogP contribution in [-0.4, -0.2) is 233 Å². The Labute approximate surface area is 444 Å². The van der Waals surface area contributed by atoms with Gasteiger partial charge in [0, 0.05) is 16.2 Å². The number of hydrogen-bond acceptors (Lipinski definition) is 22. The van der Waals surface area contributed by atoms with Crippen LogP contribution in [0, 0.1) is 44.3 Å². The fraction of sp³-hybridized carbons (Fsp3) is 0.926. The van der Waals surface area contributed by atoms with E-state index in [2.05, 4.69) is 46.8 Å². The van der Waals surface area contributed by atoms with Crippen LogP contribution in [0.4, 0.5) is 0 Å². The maximum atomic E-state index is 12.2. The molecule has 0 bridgehead atoms. The lowest BCUT2D eigenvalue weighted by Crippen LogP contribution is -2.68. The van der Waals surface area contributed by atoms with E-state index in [0.717, 1.165) is 25.7 Å². The van der Waals surface area contributed by atoms with E-state index < -0.39 is 170 Å². The van der Waals surface area contributed by atoms with E-state index in [4.69, 9.17) is 37.9 Å². The summed E-state index contributed by atoms with van der Waals surface area (Å²) < 4.78 is 49.2. The van der Waals surface area contributed by atoms with Gasteiger partial charge < -0.3 is 109 Å². The topological polar surface area (TPSA) is 357 Å². The summed E-state index contributed by atoms with van der Waals surface area (Å²) in [7, 11) is 0. The molecule has 4 saturated carbocycles. The Bertz CT molecular complexity index is 2110. The second-order valence-corrected chi connectivity index (χ2v) is 25.8. The monoisotopic (exact) mass is 1090 g/mol. The van der Waals surface area contributed by atoms with Gasteiger partial charge >= 0.3 is 0 Å². The van der Waals surface area contributed by atoms with Crippen molar-refractivity contribution < 1.29 is 109 Å². The molecule has 22 nitrogen and oxygen atoms in total. The molecule has 4 heterocycles. The Balaban J connectivity index is 1.01. The number of aliphatic hydroxyl groups excluding tert-OH is 14. The number of hydrogen-bond donors (Lipinski definition) is 14. The molecule has 5 aliphatic carbocycles. The average molecular weight is 1090 g/mol. The van der Waals surface area contributed by atoms with Gasteiger partial charge in [-0.2, -0.15) is 0 Å². The first-order valence-corrected chi connectivity index (χ1v) is 27.5. The molecule has 436 valence electrons. The quantitative estimate of drug-likeness (QED) is 0.0975. The first-order valence-electron chi connectivity index (χ1n) is 27.5. The first kappa shape index (κ1) is 59.2.